The maximum absolute atomic E-state index is 13.2. The van der Waals surface area contributed by atoms with Crippen molar-refractivity contribution in [2.75, 3.05) is 12.0 Å². The molecule has 2 heterocycles. The molecule has 0 saturated carbocycles. The molecule has 2 aromatic carbocycles. The van der Waals surface area contributed by atoms with Gasteiger partial charge >= 0.3 is 0 Å². The van der Waals surface area contributed by atoms with Gasteiger partial charge in [-0.2, -0.15) is 0 Å². The van der Waals surface area contributed by atoms with Crippen LogP contribution in [0.15, 0.2) is 63.3 Å². The number of fused-ring (bicyclic) bond motifs is 1. The highest BCUT2D eigenvalue weighted by Gasteiger charge is 2.22. The Hall–Kier alpha value is -2.09. The summed E-state index contributed by atoms with van der Waals surface area (Å²) in [6, 6.07) is 18.2. The van der Waals surface area contributed by atoms with Crippen LogP contribution in [-0.4, -0.2) is 32.6 Å². The standard InChI is InChI=1S/C20H17N3OS3/c1-23-15-11-7-6-10-14(15)17(18(23)13-8-4-3-5-9-13)16(24)12-26-20-22-21-19(25-2)27-20/h3-11H,12H2,1-2H3. The minimum absolute atomic E-state index is 0.108. The summed E-state index contributed by atoms with van der Waals surface area (Å²) in [4.78, 5) is 13.2. The average Bonchev–Trinajstić information content (AvgIpc) is 3.29. The molecule has 0 bridgehead atoms. The molecule has 7 heteroatoms. The van der Waals surface area contributed by atoms with Gasteiger partial charge in [0.25, 0.3) is 0 Å². The second-order valence-electron chi connectivity index (χ2n) is 5.92. The van der Waals surface area contributed by atoms with Gasteiger partial charge in [-0.3, -0.25) is 4.79 Å². The van der Waals surface area contributed by atoms with Gasteiger partial charge in [0.2, 0.25) is 0 Å². The fourth-order valence-electron chi connectivity index (χ4n) is 3.15. The van der Waals surface area contributed by atoms with E-state index in [9.17, 15) is 4.79 Å². The highest BCUT2D eigenvalue weighted by atomic mass is 32.2. The SMILES string of the molecule is CSc1nnc(SCC(=O)c2c(-c3ccccc3)n(C)c3ccccc23)s1. The molecule has 0 radical (unpaired) electrons. The lowest BCUT2D eigenvalue weighted by atomic mass is 10.0. The lowest BCUT2D eigenvalue weighted by Crippen LogP contribution is -2.05. The first kappa shape index (κ1) is 18.3. The van der Waals surface area contributed by atoms with Crippen molar-refractivity contribution in [2.24, 2.45) is 7.05 Å². The van der Waals surface area contributed by atoms with Crippen molar-refractivity contribution in [1.29, 1.82) is 0 Å². The minimum Gasteiger partial charge on any atom is -0.343 e. The number of carbonyl (C=O) groups is 1. The molecule has 0 aliphatic heterocycles. The molecule has 0 unspecified atom stereocenters. The Morgan fingerprint density at radius 2 is 1.74 bits per heavy atom. The van der Waals surface area contributed by atoms with Crippen LogP contribution in [0.5, 0.6) is 0 Å². The molecule has 0 N–H and O–H groups in total. The smallest absolute Gasteiger partial charge is 0.175 e. The number of nitrogens with zero attached hydrogens (tertiary/aromatic N) is 3. The van der Waals surface area contributed by atoms with Crippen molar-refractivity contribution in [3.63, 3.8) is 0 Å². The monoisotopic (exact) mass is 411 g/mol. The van der Waals surface area contributed by atoms with Crippen LogP contribution in [0.4, 0.5) is 0 Å². The summed E-state index contributed by atoms with van der Waals surface area (Å²) in [7, 11) is 2.02. The Kier molecular flexibility index (Phi) is 5.33. The number of benzene rings is 2. The third-order valence-corrected chi connectivity index (χ3v) is 7.35. The maximum atomic E-state index is 13.2. The van der Waals surface area contributed by atoms with Crippen molar-refractivity contribution in [3.8, 4) is 11.3 Å². The van der Waals surface area contributed by atoms with Gasteiger partial charge in [0.05, 0.1) is 17.0 Å². The van der Waals surface area contributed by atoms with E-state index in [0.29, 0.717) is 5.75 Å². The van der Waals surface area contributed by atoms with E-state index in [-0.39, 0.29) is 5.78 Å². The zero-order valence-corrected chi connectivity index (χ0v) is 17.3. The molecule has 0 amide bonds. The Balaban J connectivity index is 1.74. The Bertz CT molecular complexity index is 1100. The van der Waals surface area contributed by atoms with E-state index in [1.165, 1.54) is 23.1 Å². The van der Waals surface area contributed by atoms with Crippen LogP contribution in [0.3, 0.4) is 0 Å². The van der Waals surface area contributed by atoms with E-state index in [1.54, 1.807) is 11.8 Å². The molecule has 2 aromatic heterocycles. The molecule has 0 spiro atoms. The molecular formula is C20H17N3OS3. The first-order valence-electron chi connectivity index (χ1n) is 8.35. The molecule has 4 aromatic rings. The number of hydrogen-bond acceptors (Lipinski definition) is 6. The molecule has 27 heavy (non-hydrogen) atoms. The lowest BCUT2D eigenvalue weighted by Gasteiger charge is -2.07. The summed E-state index contributed by atoms with van der Waals surface area (Å²) in [5.74, 6) is 0.452. The number of ketones is 1. The summed E-state index contributed by atoms with van der Waals surface area (Å²) in [5, 5.41) is 9.25. The summed E-state index contributed by atoms with van der Waals surface area (Å²) in [6.45, 7) is 0. The molecule has 0 atom stereocenters. The van der Waals surface area contributed by atoms with Crippen LogP contribution in [0.25, 0.3) is 22.2 Å². The number of Topliss-reactive ketones (excluding diaryl/α,β-unsaturated/α-hetero) is 1. The van der Waals surface area contributed by atoms with Crippen molar-refractivity contribution in [2.45, 2.75) is 8.68 Å². The van der Waals surface area contributed by atoms with Crippen molar-refractivity contribution in [3.05, 3.63) is 60.2 Å². The summed E-state index contributed by atoms with van der Waals surface area (Å²) < 4.78 is 3.86. The number of thioether (sulfide) groups is 2. The topological polar surface area (TPSA) is 47.8 Å². The average molecular weight is 412 g/mol. The van der Waals surface area contributed by atoms with E-state index in [4.69, 9.17) is 0 Å². The molecular weight excluding hydrogens is 394 g/mol. The molecule has 0 aliphatic carbocycles. The first-order valence-corrected chi connectivity index (χ1v) is 11.4. The third kappa shape index (κ3) is 3.54. The number of aromatic nitrogens is 3. The van der Waals surface area contributed by atoms with E-state index in [2.05, 4.69) is 20.8 Å². The molecule has 4 nitrogen and oxygen atoms in total. The van der Waals surface area contributed by atoms with Gasteiger partial charge in [0, 0.05) is 18.0 Å². The van der Waals surface area contributed by atoms with Crippen molar-refractivity contribution < 1.29 is 4.79 Å². The number of aryl methyl sites for hydroxylation is 1. The third-order valence-electron chi connectivity index (χ3n) is 4.32. The lowest BCUT2D eigenvalue weighted by molar-refractivity contribution is 0.102. The predicted octanol–water partition coefficient (Wildman–Crippen LogP) is 5.39. The molecule has 0 aliphatic rings. The van der Waals surface area contributed by atoms with Crippen LogP contribution >= 0.6 is 34.9 Å². The van der Waals surface area contributed by atoms with Gasteiger partial charge in [0.1, 0.15) is 0 Å². The zero-order valence-electron chi connectivity index (χ0n) is 14.9. The van der Waals surface area contributed by atoms with Gasteiger partial charge in [-0.05, 0) is 17.9 Å². The molecule has 4 rings (SSSR count). The van der Waals surface area contributed by atoms with E-state index < -0.39 is 0 Å². The highest BCUT2D eigenvalue weighted by molar-refractivity contribution is 8.03. The Labute approximate surface area is 170 Å². The van der Waals surface area contributed by atoms with Crippen LogP contribution in [0, 0.1) is 0 Å². The van der Waals surface area contributed by atoms with Gasteiger partial charge < -0.3 is 4.57 Å². The second-order valence-corrected chi connectivity index (χ2v) is 9.17. The zero-order chi connectivity index (χ0) is 18.8. The Morgan fingerprint density at radius 1 is 1.04 bits per heavy atom. The minimum atomic E-state index is 0.108. The van der Waals surface area contributed by atoms with Gasteiger partial charge in [-0.1, -0.05) is 83.4 Å². The van der Waals surface area contributed by atoms with E-state index >= 15 is 0 Å². The predicted molar refractivity (Wildman–Crippen MR) is 115 cm³/mol. The largest absolute Gasteiger partial charge is 0.343 e. The fraction of sp³-hybridized carbons (Fsp3) is 0.150. The number of hydrogen-bond donors (Lipinski definition) is 0. The fourth-order valence-corrected chi connectivity index (χ4v) is 5.46. The molecule has 136 valence electrons. The number of rotatable bonds is 6. The van der Waals surface area contributed by atoms with Crippen LogP contribution < -0.4 is 0 Å². The van der Waals surface area contributed by atoms with Crippen molar-refractivity contribution >= 4 is 51.5 Å². The quantitative estimate of drug-likeness (QED) is 0.314. The van der Waals surface area contributed by atoms with E-state index in [0.717, 1.165) is 36.4 Å². The number of carbonyl (C=O) groups excluding carboxylic acids is 1. The van der Waals surface area contributed by atoms with Crippen LogP contribution in [0.1, 0.15) is 10.4 Å². The summed E-state index contributed by atoms with van der Waals surface area (Å²) >= 11 is 4.55. The first-order chi connectivity index (χ1) is 13.2. The normalized spacial score (nSPS) is 11.2. The van der Waals surface area contributed by atoms with Gasteiger partial charge in [0.15, 0.2) is 14.5 Å². The van der Waals surface area contributed by atoms with E-state index in [1.807, 2.05) is 61.8 Å². The second kappa shape index (κ2) is 7.88. The van der Waals surface area contributed by atoms with Crippen LogP contribution in [-0.2, 0) is 7.05 Å². The summed E-state index contributed by atoms with van der Waals surface area (Å²) in [6.07, 6.45) is 1.97. The highest BCUT2D eigenvalue weighted by Crippen LogP contribution is 2.35. The molecule has 0 saturated heterocycles. The number of para-hydroxylation sites is 1. The van der Waals surface area contributed by atoms with Gasteiger partial charge in [-0.25, -0.2) is 0 Å². The molecule has 0 fully saturated rings. The maximum Gasteiger partial charge on any atom is 0.175 e. The summed E-state index contributed by atoms with van der Waals surface area (Å²) in [5.41, 5.74) is 3.85. The Morgan fingerprint density at radius 3 is 2.48 bits per heavy atom. The van der Waals surface area contributed by atoms with Gasteiger partial charge in [-0.15, -0.1) is 10.2 Å². The van der Waals surface area contributed by atoms with Crippen molar-refractivity contribution in [1.82, 2.24) is 14.8 Å². The van der Waals surface area contributed by atoms with Crippen LogP contribution in [0.2, 0.25) is 0 Å².